The molecule has 3 heteroatoms. The summed E-state index contributed by atoms with van der Waals surface area (Å²) < 4.78 is 20.2. The predicted molar refractivity (Wildman–Crippen MR) is 80.5 cm³/mol. The van der Waals surface area contributed by atoms with Crippen molar-refractivity contribution in [3.05, 3.63) is 35.6 Å². The Morgan fingerprint density at radius 1 is 1.24 bits per heavy atom. The van der Waals surface area contributed by atoms with Gasteiger partial charge in [0.1, 0.15) is 5.82 Å². The van der Waals surface area contributed by atoms with Gasteiger partial charge in [-0.2, -0.15) is 0 Å². The Hall–Kier alpha value is -0.930. The Bertz CT molecular complexity index is 486. The van der Waals surface area contributed by atoms with Crippen LogP contribution in [0.5, 0.6) is 0 Å². The standard InChI is InChI=1S/C18H25FO2/c1-17(20,15-7-3-4-8-16(15)19)14-9-12-21-18(13-14)10-5-2-6-11-18/h3-4,7-8,14,20H,2,5-6,9-13H2,1H3. The van der Waals surface area contributed by atoms with Crippen LogP contribution in [0.4, 0.5) is 4.39 Å². The Kier molecular flexibility index (Phi) is 4.06. The van der Waals surface area contributed by atoms with E-state index in [1.807, 2.05) is 0 Å². The maximum absolute atomic E-state index is 14.1. The molecule has 1 heterocycles. The van der Waals surface area contributed by atoms with Gasteiger partial charge in [0.15, 0.2) is 0 Å². The van der Waals surface area contributed by atoms with Crippen molar-refractivity contribution in [2.24, 2.45) is 5.92 Å². The summed E-state index contributed by atoms with van der Waals surface area (Å²) in [5, 5.41) is 11.0. The van der Waals surface area contributed by atoms with Crippen LogP contribution in [0.3, 0.4) is 0 Å². The van der Waals surface area contributed by atoms with Gasteiger partial charge in [-0.15, -0.1) is 0 Å². The van der Waals surface area contributed by atoms with Crippen LogP contribution in [0.15, 0.2) is 24.3 Å². The van der Waals surface area contributed by atoms with Gasteiger partial charge in [-0.3, -0.25) is 0 Å². The predicted octanol–water partition coefficient (Wildman–Crippen LogP) is 4.16. The average Bonchev–Trinajstić information content (AvgIpc) is 2.48. The molecular formula is C18H25FO2. The van der Waals surface area contributed by atoms with Crippen molar-refractivity contribution < 1.29 is 14.2 Å². The van der Waals surface area contributed by atoms with Crippen molar-refractivity contribution in [1.29, 1.82) is 0 Å². The van der Waals surface area contributed by atoms with E-state index in [4.69, 9.17) is 4.74 Å². The number of hydrogen-bond acceptors (Lipinski definition) is 2. The number of aliphatic hydroxyl groups is 1. The molecule has 21 heavy (non-hydrogen) atoms. The maximum atomic E-state index is 14.1. The monoisotopic (exact) mass is 292 g/mol. The molecule has 2 unspecified atom stereocenters. The van der Waals surface area contributed by atoms with E-state index < -0.39 is 5.60 Å². The Morgan fingerprint density at radius 3 is 2.67 bits per heavy atom. The molecule has 116 valence electrons. The van der Waals surface area contributed by atoms with Crippen molar-refractivity contribution in [3.63, 3.8) is 0 Å². The molecule has 2 nitrogen and oxygen atoms in total. The third kappa shape index (κ3) is 2.86. The fraction of sp³-hybridized carbons (Fsp3) is 0.667. The summed E-state index contributed by atoms with van der Waals surface area (Å²) in [4.78, 5) is 0. The zero-order valence-electron chi connectivity index (χ0n) is 12.8. The fourth-order valence-electron chi connectivity index (χ4n) is 4.14. The molecule has 3 rings (SSSR count). The summed E-state index contributed by atoms with van der Waals surface area (Å²) in [5.41, 5.74) is -0.779. The second kappa shape index (κ2) is 5.69. The summed E-state index contributed by atoms with van der Waals surface area (Å²) in [6.45, 7) is 2.44. The lowest BCUT2D eigenvalue weighted by Gasteiger charge is -2.47. The van der Waals surface area contributed by atoms with E-state index in [-0.39, 0.29) is 17.3 Å². The van der Waals surface area contributed by atoms with E-state index in [2.05, 4.69) is 0 Å². The van der Waals surface area contributed by atoms with Gasteiger partial charge < -0.3 is 9.84 Å². The molecular weight excluding hydrogens is 267 g/mol. The number of halogens is 1. The van der Waals surface area contributed by atoms with Crippen LogP contribution in [-0.2, 0) is 10.3 Å². The van der Waals surface area contributed by atoms with Gasteiger partial charge in [0.25, 0.3) is 0 Å². The molecule has 2 atom stereocenters. The normalized spacial score (nSPS) is 28.2. The molecule has 1 saturated heterocycles. The highest BCUT2D eigenvalue weighted by Gasteiger charge is 2.45. The van der Waals surface area contributed by atoms with Gasteiger partial charge in [0, 0.05) is 12.2 Å². The highest BCUT2D eigenvalue weighted by molar-refractivity contribution is 5.25. The SMILES string of the molecule is CC(O)(c1ccccc1F)C1CCOC2(CCCCC2)C1. The Balaban J connectivity index is 1.83. The minimum atomic E-state index is -1.13. The quantitative estimate of drug-likeness (QED) is 0.886. The van der Waals surface area contributed by atoms with Gasteiger partial charge in [-0.25, -0.2) is 4.39 Å². The smallest absolute Gasteiger partial charge is 0.129 e. The van der Waals surface area contributed by atoms with Crippen molar-refractivity contribution in [2.45, 2.75) is 63.1 Å². The highest BCUT2D eigenvalue weighted by Crippen LogP contribution is 2.46. The number of ether oxygens (including phenoxy) is 1. The van der Waals surface area contributed by atoms with Crippen LogP contribution in [0.1, 0.15) is 57.4 Å². The lowest BCUT2D eigenvalue weighted by Crippen LogP contribution is -2.47. The van der Waals surface area contributed by atoms with Gasteiger partial charge >= 0.3 is 0 Å². The largest absolute Gasteiger partial charge is 0.385 e. The molecule has 1 aromatic rings. The third-order valence-corrected chi connectivity index (χ3v) is 5.47. The first-order chi connectivity index (χ1) is 10.0. The molecule has 0 bridgehead atoms. The first-order valence-electron chi connectivity index (χ1n) is 8.15. The Labute approximate surface area is 126 Å². The van der Waals surface area contributed by atoms with Crippen molar-refractivity contribution >= 4 is 0 Å². The van der Waals surface area contributed by atoms with Crippen LogP contribution in [-0.4, -0.2) is 17.3 Å². The van der Waals surface area contributed by atoms with Crippen molar-refractivity contribution in [1.82, 2.24) is 0 Å². The first-order valence-corrected chi connectivity index (χ1v) is 8.15. The van der Waals surface area contributed by atoms with Crippen LogP contribution in [0.2, 0.25) is 0 Å². The first kappa shape index (κ1) is 15.0. The van der Waals surface area contributed by atoms with Gasteiger partial charge in [-0.1, -0.05) is 37.5 Å². The lowest BCUT2D eigenvalue weighted by molar-refractivity contribution is -0.155. The average molecular weight is 292 g/mol. The van der Waals surface area contributed by atoms with Crippen molar-refractivity contribution in [3.8, 4) is 0 Å². The molecule has 0 amide bonds. The second-order valence-electron chi connectivity index (χ2n) is 6.91. The molecule has 2 fully saturated rings. The molecule has 1 aliphatic heterocycles. The molecule has 1 N–H and O–H groups in total. The summed E-state index contributed by atoms with van der Waals surface area (Å²) in [7, 11) is 0. The Morgan fingerprint density at radius 2 is 1.95 bits per heavy atom. The second-order valence-corrected chi connectivity index (χ2v) is 6.91. The maximum Gasteiger partial charge on any atom is 0.129 e. The van der Waals surface area contributed by atoms with Crippen LogP contribution in [0.25, 0.3) is 0 Å². The van der Waals surface area contributed by atoms with Gasteiger partial charge in [0.05, 0.1) is 11.2 Å². The van der Waals surface area contributed by atoms with Gasteiger partial charge in [0.2, 0.25) is 0 Å². The fourth-order valence-corrected chi connectivity index (χ4v) is 4.14. The minimum absolute atomic E-state index is 0.0567. The summed E-state index contributed by atoms with van der Waals surface area (Å²) >= 11 is 0. The summed E-state index contributed by atoms with van der Waals surface area (Å²) in [6.07, 6.45) is 7.48. The lowest BCUT2D eigenvalue weighted by atomic mass is 9.69. The molecule has 1 spiro atoms. The van der Waals surface area contributed by atoms with E-state index in [1.165, 1.54) is 25.3 Å². The van der Waals surface area contributed by atoms with Crippen LogP contribution < -0.4 is 0 Å². The van der Waals surface area contributed by atoms with Gasteiger partial charge in [-0.05, 0) is 44.6 Å². The molecule has 0 radical (unpaired) electrons. The molecule has 1 saturated carbocycles. The molecule has 1 aromatic carbocycles. The number of hydrogen-bond donors (Lipinski definition) is 1. The third-order valence-electron chi connectivity index (χ3n) is 5.47. The highest BCUT2D eigenvalue weighted by atomic mass is 19.1. The van der Waals surface area contributed by atoms with Crippen LogP contribution >= 0.6 is 0 Å². The zero-order chi connectivity index (χ0) is 14.9. The van der Waals surface area contributed by atoms with Crippen molar-refractivity contribution in [2.75, 3.05) is 6.61 Å². The number of benzene rings is 1. The minimum Gasteiger partial charge on any atom is -0.385 e. The summed E-state index contributed by atoms with van der Waals surface area (Å²) in [5.74, 6) is -0.257. The molecule has 1 aliphatic carbocycles. The van der Waals surface area contributed by atoms with E-state index in [1.54, 1.807) is 25.1 Å². The molecule has 2 aliphatic rings. The summed E-state index contributed by atoms with van der Waals surface area (Å²) in [6, 6.07) is 6.60. The topological polar surface area (TPSA) is 29.5 Å². The van der Waals surface area contributed by atoms with Crippen LogP contribution in [0, 0.1) is 11.7 Å². The van der Waals surface area contributed by atoms with E-state index >= 15 is 0 Å². The number of rotatable bonds is 2. The zero-order valence-corrected chi connectivity index (χ0v) is 12.8. The van der Waals surface area contributed by atoms with E-state index in [9.17, 15) is 9.50 Å². The molecule has 0 aromatic heterocycles. The van der Waals surface area contributed by atoms with E-state index in [0.29, 0.717) is 12.2 Å². The van der Waals surface area contributed by atoms with E-state index in [0.717, 1.165) is 25.7 Å².